The van der Waals surface area contributed by atoms with Gasteiger partial charge in [-0.2, -0.15) is 0 Å². The van der Waals surface area contributed by atoms with E-state index in [0.717, 1.165) is 11.1 Å². The Labute approximate surface area is 286 Å². The van der Waals surface area contributed by atoms with E-state index >= 15 is 0 Å². The molecule has 6 rings (SSSR count). The molecular formula is C37H48O12. The van der Waals surface area contributed by atoms with Gasteiger partial charge in [0, 0.05) is 35.8 Å². The van der Waals surface area contributed by atoms with Gasteiger partial charge in [-0.3, -0.25) is 0 Å². The van der Waals surface area contributed by atoms with Crippen LogP contribution < -0.4 is 0 Å². The number of fused-ring (bicyclic) bond motifs is 6. The molecule has 4 heterocycles. The van der Waals surface area contributed by atoms with Gasteiger partial charge < -0.3 is 38.6 Å². The Morgan fingerprint density at radius 2 is 1.33 bits per heavy atom. The summed E-state index contributed by atoms with van der Waals surface area (Å²) in [6.45, 7) is 12.1. The lowest BCUT2D eigenvalue weighted by molar-refractivity contribution is -0.140. The molecule has 8 atom stereocenters. The summed E-state index contributed by atoms with van der Waals surface area (Å²) in [4.78, 5) is 48.5. The SMILES string of the molecule is C=C1C(=O)O[C@H]2[C@H]1CC/C(CC(CCCCOC(=O)O)(C/C1=C/CC[C@@]3(C)O[C@H]3[C@H]3OC(=O)C(=C)[C@@H]3CC1)OC(=O)O)=C\CC[C@@]1(C)O[C@@H]21. The third-order valence-corrected chi connectivity index (χ3v) is 11.5. The monoisotopic (exact) mass is 684 g/mol. The van der Waals surface area contributed by atoms with Crippen LogP contribution in [-0.4, -0.2) is 82.3 Å². The van der Waals surface area contributed by atoms with Gasteiger partial charge >= 0.3 is 24.2 Å². The molecule has 6 aliphatic rings. The van der Waals surface area contributed by atoms with E-state index < -0.39 is 53.3 Å². The highest BCUT2D eigenvalue weighted by molar-refractivity contribution is 5.91. The van der Waals surface area contributed by atoms with Gasteiger partial charge in [0.05, 0.1) is 17.8 Å². The molecular weight excluding hydrogens is 636 g/mol. The molecule has 2 N–H and O–H groups in total. The van der Waals surface area contributed by atoms with E-state index in [2.05, 4.69) is 25.3 Å². The van der Waals surface area contributed by atoms with Crippen LogP contribution in [0.1, 0.15) is 97.3 Å². The lowest BCUT2D eigenvalue weighted by Crippen LogP contribution is -2.37. The van der Waals surface area contributed by atoms with Gasteiger partial charge in [-0.05, 0) is 84.5 Å². The second-order valence-electron chi connectivity index (χ2n) is 15.1. The van der Waals surface area contributed by atoms with Crippen molar-refractivity contribution in [3.63, 3.8) is 0 Å². The van der Waals surface area contributed by atoms with Gasteiger partial charge in [-0.1, -0.05) is 36.5 Å². The minimum Gasteiger partial charge on any atom is -0.455 e. The Balaban J connectivity index is 1.27. The second kappa shape index (κ2) is 13.6. The number of carboxylic acid groups (broad SMARTS) is 2. The predicted molar refractivity (Wildman–Crippen MR) is 174 cm³/mol. The molecule has 12 nitrogen and oxygen atoms in total. The summed E-state index contributed by atoms with van der Waals surface area (Å²) in [5.41, 5.74) is 0.907. The third kappa shape index (κ3) is 7.60. The van der Waals surface area contributed by atoms with Gasteiger partial charge in [0.1, 0.15) is 30.0 Å². The van der Waals surface area contributed by atoms with Crippen LogP contribution in [0.15, 0.2) is 47.6 Å². The number of hydrogen-bond acceptors (Lipinski definition) is 10. The average Bonchev–Trinajstić information content (AvgIpc) is 3.83. The molecule has 0 aromatic rings. The maximum Gasteiger partial charge on any atom is 0.506 e. The zero-order chi connectivity index (χ0) is 35.1. The fraction of sp³-hybridized carbons (Fsp3) is 0.676. The molecule has 0 saturated carbocycles. The van der Waals surface area contributed by atoms with Crippen molar-refractivity contribution in [2.45, 2.75) is 139 Å². The van der Waals surface area contributed by atoms with Crippen molar-refractivity contribution < 1.29 is 57.8 Å². The van der Waals surface area contributed by atoms with Gasteiger partial charge in [-0.25, -0.2) is 19.2 Å². The van der Waals surface area contributed by atoms with E-state index in [1.165, 1.54) is 0 Å². The highest BCUT2D eigenvalue weighted by atomic mass is 16.7. The van der Waals surface area contributed by atoms with Crippen molar-refractivity contribution in [3.8, 4) is 0 Å². The lowest BCUT2D eigenvalue weighted by atomic mass is 9.77. The van der Waals surface area contributed by atoms with Crippen LogP contribution in [0.5, 0.6) is 0 Å². The molecule has 12 heteroatoms. The van der Waals surface area contributed by atoms with E-state index in [1.54, 1.807) is 0 Å². The number of epoxide rings is 2. The van der Waals surface area contributed by atoms with E-state index in [1.807, 2.05) is 13.8 Å². The third-order valence-electron chi connectivity index (χ3n) is 11.5. The van der Waals surface area contributed by atoms with Crippen molar-refractivity contribution >= 4 is 24.2 Å². The number of ether oxygens (including phenoxy) is 6. The van der Waals surface area contributed by atoms with Crippen LogP contribution in [0.4, 0.5) is 9.59 Å². The number of esters is 2. The molecule has 0 amide bonds. The van der Waals surface area contributed by atoms with Crippen LogP contribution >= 0.6 is 0 Å². The fourth-order valence-corrected chi connectivity index (χ4v) is 8.65. The van der Waals surface area contributed by atoms with Crippen molar-refractivity contribution in [3.05, 3.63) is 47.6 Å². The fourth-order valence-electron chi connectivity index (χ4n) is 8.65. The van der Waals surface area contributed by atoms with Crippen LogP contribution in [0.3, 0.4) is 0 Å². The highest BCUT2D eigenvalue weighted by Crippen LogP contribution is 2.52. The number of allylic oxidation sites excluding steroid dienone is 2. The van der Waals surface area contributed by atoms with Crippen molar-refractivity contribution in [2.24, 2.45) is 11.8 Å². The molecule has 2 aliphatic carbocycles. The first-order chi connectivity index (χ1) is 23.2. The summed E-state index contributed by atoms with van der Waals surface area (Å²) < 4.78 is 34.2. The highest BCUT2D eigenvalue weighted by Gasteiger charge is 2.62. The Bertz CT molecular complexity index is 1370. The zero-order valence-corrected chi connectivity index (χ0v) is 28.4. The zero-order valence-electron chi connectivity index (χ0n) is 28.4. The molecule has 0 aromatic heterocycles. The molecule has 4 fully saturated rings. The van der Waals surface area contributed by atoms with Crippen molar-refractivity contribution in [1.82, 2.24) is 0 Å². The van der Waals surface area contributed by atoms with Crippen LogP contribution in [-0.2, 0) is 38.0 Å². The average molecular weight is 685 g/mol. The number of hydrogen-bond donors (Lipinski definition) is 2. The maximum atomic E-state index is 12.6. The molecule has 0 aromatic carbocycles. The summed E-state index contributed by atoms with van der Waals surface area (Å²) in [5, 5.41) is 19.1. The minimum absolute atomic E-state index is 0.0121. The number of rotatable bonds is 10. The van der Waals surface area contributed by atoms with E-state index in [9.17, 15) is 24.3 Å². The lowest BCUT2D eigenvalue weighted by Gasteiger charge is -2.35. The first kappa shape index (κ1) is 35.2. The smallest absolute Gasteiger partial charge is 0.455 e. The molecule has 268 valence electrons. The molecule has 0 unspecified atom stereocenters. The molecule has 4 saturated heterocycles. The quantitative estimate of drug-likeness (QED) is 0.0634. The standard InChI is InChI=1S/C37H48O12/c1-21-25-13-11-23(9-7-15-35(3)29(47-35)27(25)45-31(21)38)19-37(49-34(42)43,17-5-6-18-44-33(40)41)20-24-10-8-16-36(4)30(48-36)28-26(14-12-24)22(2)32(39)46-28/h9-10,25-30H,1-2,5-8,11-20H2,3-4H3,(H,40,41)(H,42,43)/b23-9+,24-10+/t25-,26-,27-,28-,29-,30-,35+,36+/m0/s1. The Kier molecular flexibility index (Phi) is 9.76. The number of carbonyl (C=O) groups is 4. The Hall–Kier alpha value is -3.64. The molecule has 49 heavy (non-hydrogen) atoms. The topological polar surface area (TPSA) is 171 Å². The molecule has 0 spiro atoms. The van der Waals surface area contributed by atoms with E-state index in [0.29, 0.717) is 94.6 Å². The largest absolute Gasteiger partial charge is 0.506 e. The van der Waals surface area contributed by atoms with Crippen molar-refractivity contribution in [2.75, 3.05) is 6.61 Å². The molecule has 0 radical (unpaired) electrons. The van der Waals surface area contributed by atoms with Crippen molar-refractivity contribution in [1.29, 1.82) is 0 Å². The second-order valence-corrected chi connectivity index (χ2v) is 15.1. The number of carbonyl (C=O) groups excluding carboxylic acids is 2. The summed E-state index contributed by atoms with van der Waals surface area (Å²) in [6, 6.07) is 0. The Morgan fingerprint density at radius 3 is 1.78 bits per heavy atom. The normalized spacial score (nSPS) is 38.7. The summed E-state index contributed by atoms with van der Waals surface area (Å²) in [6.07, 6.45) is 7.46. The Morgan fingerprint density at radius 1 is 0.837 bits per heavy atom. The summed E-state index contributed by atoms with van der Waals surface area (Å²) in [7, 11) is 0. The van der Waals surface area contributed by atoms with Crippen LogP contribution in [0.2, 0.25) is 0 Å². The first-order valence-corrected chi connectivity index (χ1v) is 17.5. The van der Waals surface area contributed by atoms with Gasteiger partial charge in [0.25, 0.3) is 0 Å². The summed E-state index contributed by atoms with van der Waals surface area (Å²) in [5.74, 6) is -1.22. The van der Waals surface area contributed by atoms with E-state index in [-0.39, 0.29) is 30.7 Å². The molecule has 4 aliphatic heterocycles. The van der Waals surface area contributed by atoms with Gasteiger partial charge in [-0.15, -0.1) is 0 Å². The molecule has 0 bridgehead atoms. The van der Waals surface area contributed by atoms with E-state index in [4.69, 9.17) is 33.5 Å². The van der Waals surface area contributed by atoms with Gasteiger partial charge in [0.15, 0.2) is 0 Å². The predicted octanol–water partition coefficient (Wildman–Crippen LogP) is 6.58. The van der Waals surface area contributed by atoms with Gasteiger partial charge in [0.2, 0.25) is 0 Å². The first-order valence-electron chi connectivity index (χ1n) is 17.5. The minimum atomic E-state index is -1.39. The van der Waals surface area contributed by atoms with Crippen LogP contribution in [0, 0.1) is 11.8 Å². The number of unbranched alkanes of at least 4 members (excludes halogenated alkanes) is 1. The van der Waals surface area contributed by atoms with Crippen LogP contribution in [0.25, 0.3) is 0 Å². The maximum absolute atomic E-state index is 12.6. The summed E-state index contributed by atoms with van der Waals surface area (Å²) >= 11 is 0.